The molecule has 1 fully saturated rings. The number of thioether (sulfide) groups is 1. The Labute approximate surface area is 174 Å². The fourth-order valence-corrected chi connectivity index (χ4v) is 4.35. The number of para-hydroxylation sites is 1. The number of aromatic nitrogens is 3. The van der Waals surface area contributed by atoms with Crippen LogP contribution < -0.4 is 4.74 Å². The molecule has 2 aromatic carbocycles. The van der Waals surface area contributed by atoms with Crippen molar-refractivity contribution < 1.29 is 9.53 Å². The lowest BCUT2D eigenvalue weighted by atomic mass is 10.1. The molecule has 1 aliphatic rings. The third kappa shape index (κ3) is 4.15. The van der Waals surface area contributed by atoms with Crippen molar-refractivity contribution in [2.24, 2.45) is 0 Å². The van der Waals surface area contributed by atoms with Crippen LogP contribution in [-0.4, -0.2) is 51.5 Å². The highest BCUT2D eigenvalue weighted by Crippen LogP contribution is 2.30. The van der Waals surface area contributed by atoms with Gasteiger partial charge in [-0.05, 0) is 55.7 Å². The van der Waals surface area contributed by atoms with Crippen LogP contribution in [0.5, 0.6) is 5.75 Å². The van der Waals surface area contributed by atoms with Gasteiger partial charge in [0.2, 0.25) is 5.91 Å². The van der Waals surface area contributed by atoms with Gasteiger partial charge >= 0.3 is 0 Å². The molecule has 1 amide bonds. The van der Waals surface area contributed by atoms with Crippen molar-refractivity contribution in [3.63, 3.8) is 0 Å². The third-order valence-electron chi connectivity index (χ3n) is 5.12. The molecule has 150 valence electrons. The Morgan fingerprint density at radius 3 is 2.48 bits per heavy atom. The average Bonchev–Trinajstić information content (AvgIpc) is 3.43. The number of ether oxygens (including phenoxy) is 1. The Morgan fingerprint density at radius 1 is 1.07 bits per heavy atom. The van der Waals surface area contributed by atoms with Crippen LogP contribution in [0.3, 0.4) is 0 Å². The monoisotopic (exact) mass is 408 g/mol. The number of methoxy groups -OCH3 is 1. The second kappa shape index (κ2) is 8.69. The smallest absolute Gasteiger partial charge is 0.233 e. The first-order valence-electron chi connectivity index (χ1n) is 9.74. The zero-order chi connectivity index (χ0) is 20.2. The quantitative estimate of drug-likeness (QED) is 0.578. The Balaban J connectivity index is 1.68. The summed E-state index contributed by atoms with van der Waals surface area (Å²) in [5, 5.41) is 9.61. The summed E-state index contributed by atoms with van der Waals surface area (Å²) < 4.78 is 7.31. The number of carbonyl (C=O) groups is 1. The molecule has 0 atom stereocenters. The van der Waals surface area contributed by atoms with Crippen LogP contribution in [0.1, 0.15) is 18.4 Å². The van der Waals surface area contributed by atoms with Gasteiger partial charge in [-0.3, -0.25) is 9.36 Å². The van der Waals surface area contributed by atoms with Gasteiger partial charge < -0.3 is 9.64 Å². The van der Waals surface area contributed by atoms with Crippen molar-refractivity contribution in [1.29, 1.82) is 0 Å². The topological polar surface area (TPSA) is 60.3 Å². The van der Waals surface area contributed by atoms with E-state index in [9.17, 15) is 4.79 Å². The van der Waals surface area contributed by atoms with Crippen LogP contribution in [0.15, 0.2) is 53.7 Å². The van der Waals surface area contributed by atoms with Gasteiger partial charge in [0.15, 0.2) is 11.0 Å². The molecule has 3 aromatic rings. The predicted molar refractivity (Wildman–Crippen MR) is 115 cm³/mol. The van der Waals surface area contributed by atoms with E-state index < -0.39 is 0 Å². The van der Waals surface area contributed by atoms with Crippen molar-refractivity contribution in [2.45, 2.75) is 24.9 Å². The predicted octanol–water partition coefficient (Wildman–Crippen LogP) is 3.97. The summed E-state index contributed by atoms with van der Waals surface area (Å²) in [6, 6.07) is 15.9. The highest BCUT2D eigenvalue weighted by molar-refractivity contribution is 7.99. The summed E-state index contributed by atoms with van der Waals surface area (Å²) in [5.41, 5.74) is 3.08. The van der Waals surface area contributed by atoms with Gasteiger partial charge in [-0.25, -0.2) is 0 Å². The van der Waals surface area contributed by atoms with Gasteiger partial charge in [0.25, 0.3) is 0 Å². The Kier molecular flexibility index (Phi) is 5.85. The van der Waals surface area contributed by atoms with Gasteiger partial charge in [0.05, 0.1) is 18.6 Å². The molecule has 0 saturated carbocycles. The van der Waals surface area contributed by atoms with Gasteiger partial charge in [0.1, 0.15) is 5.75 Å². The maximum atomic E-state index is 12.5. The van der Waals surface area contributed by atoms with Crippen LogP contribution >= 0.6 is 11.8 Å². The minimum atomic E-state index is 0.165. The standard InChI is InChI=1S/C22H24N4O2S/c1-16-7-3-4-8-19(16)26-21(17-9-11-18(28-2)12-10-17)23-24-22(26)29-15-20(27)25-13-5-6-14-25/h3-4,7-12H,5-6,13-15H2,1-2H3. The first kappa shape index (κ1) is 19.5. The Morgan fingerprint density at radius 2 is 1.79 bits per heavy atom. The summed E-state index contributed by atoms with van der Waals surface area (Å²) in [6.07, 6.45) is 2.19. The lowest BCUT2D eigenvalue weighted by molar-refractivity contribution is -0.127. The second-order valence-electron chi connectivity index (χ2n) is 7.03. The number of nitrogens with zero attached hydrogens (tertiary/aromatic N) is 4. The maximum Gasteiger partial charge on any atom is 0.233 e. The van der Waals surface area contributed by atoms with E-state index >= 15 is 0 Å². The second-order valence-corrected chi connectivity index (χ2v) is 7.98. The Bertz CT molecular complexity index is 994. The summed E-state index contributed by atoms with van der Waals surface area (Å²) >= 11 is 1.44. The van der Waals surface area contributed by atoms with Crippen LogP contribution in [0.2, 0.25) is 0 Å². The van der Waals surface area contributed by atoms with E-state index in [0.29, 0.717) is 5.75 Å². The largest absolute Gasteiger partial charge is 0.497 e. The number of likely N-dealkylation sites (tertiary alicyclic amines) is 1. The number of benzene rings is 2. The number of rotatable bonds is 6. The normalized spacial score (nSPS) is 13.7. The molecule has 0 spiro atoms. The van der Waals surface area contributed by atoms with Crippen molar-refractivity contribution in [3.05, 3.63) is 54.1 Å². The number of hydrogen-bond donors (Lipinski definition) is 0. The van der Waals surface area contributed by atoms with E-state index in [-0.39, 0.29) is 5.91 Å². The van der Waals surface area contributed by atoms with Crippen LogP contribution in [0.4, 0.5) is 0 Å². The van der Waals surface area contributed by atoms with E-state index in [1.807, 2.05) is 45.9 Å². The Hall–Kier alpha value is -2.80. The number of aryl methyl sites for hydroxylation is 1. The van der Waals surface area contributed by atoms with E-state index in [1.165, 1.54) is 11.8 Å². The lowest BCUT2D eigenvalue weighted by Gasteiger charge is -2.16. The van der Waals surface area contributed by atoms with Crippen LogP contribution in [-0.2, 0) is 4.79 Å². The van der Waals surface area contributed by atoms with Crippen molar-refractivity contribution >= 4 is 17.7 Å². The lowest BCUT2D eigenvalue weighted by Crippen LogP contribution is -2.29. The molecule has 7 heteroatoms. The van der Waals surface area contributed by atoms with Crippen LogP contribution in [0, 0.1) is 6.92 Å². The van der Waals surface area contributed by atoms with E-state index in [0.717, 1.165) is 59.5 Å². The molecule has 0 bridgehead atoms. The molecule has 2 heterocycles. The summed E-state index contributed by atoms with van der Waals surface area (Å²) in [6.45, 7) is 3.79. The number of amides is 1. The maximum absolute atomic E-state index is 12.5. The molecule has 1 saturated heterocycles. The first-order chi connectivity index (χ1) is 14.2. The SMILES string of the molecule is COc1ccc(-c2nnc(SCC(=O)N3CCCC3)n2-c2ccccc2C)cc1. The third-order valence-corrected chi connectivity index (χ3v) is 6.04. The molecule has 4 rings (SSSR count). The van der Waals surface area contributed by atoms with Crippen molar-refractivity contribution in [1.82, 2.24) is 19.7 Å². The molecule has 0 unspecified atom stereocenters. The van der Waals surface area contributed by atoms with E-state index in [2.05, 4.69) is 29.3 Å². The fraction of sp³-hybridized carbons (Fsp3) is 0.318. The fourth-order valence-electron chi connectivity index (χ4n) is 3.51. The van der Waals surface area contributed by atoms with Gasteiger partial charge in [-0.1, -0.05) is 30.0 Å². The number of hydrogen-bond acceptors (Lipinski definition) is 5. The highest BCUT2D eigenvalue weighted by atomic mass is 32.2. The minimum absolute atomic E-state index is 0.165. The molecule has 1 aliphatic heterocycles. The molecular weight excluding hydrogens is 384 g/mol. The zero-order valence-electron chi connectivity index (χ0n) is 16.7. The van der Waals surface area contributed by atoms with Crippen molar-refractivity contribution in [3.8, 4) is 22.8 Å². The van der Waals surface area contributed by atoms with Gasteiger partial charge in [-0.15, -0.1) is 10.2 Å². The minimum Gasteiger partial charge on any atom is -0.497 e. The van der Waals surface area contributed by atoms with E-state index in [1.54, 1.807) is 7.11 Å². The molecule has 1 aromatic heterocycles. The van der Waals surface area contributed by atoms with Gasteiger partial charge in [-0.2, -0.15) is 0 Å². The highest BCUT2D eigenvalue weighted by Gasteiger charge is 2.21. The van der Waals surface area contributed by atoms with Gasteiger partial charge in [0, 0.05) is 18.7 Å². The van der Waals surface area contributed by atoms with Crippen LogP contribution in [0.25, 0.3) is 17.1 Å². The average molecular weight is 409 g/mol. The molecule has 6 nitrogen and oxygen atoms in total. The molecule has 0 aliphatic carbocycles. The molecule has 29 heavy (non-hydrogen) atoms. The zero-order valence-corrected chi connectivity index (χ0v) is 17.5. The summed E-state index contributed by atoms with van der Waals surface area (Å²) in [4.78, 5) is 14.5. The molecular formula is C22H24N4O2S. The molecule has 0 N–H and O–H groups in total. The first-order valence-corrected chi connectivity index (χ1v) is 10.7. The summed E-state index contributed by atoms with van der Waals surface area (Å²) in [5.74, 6) is 2.07. The number of carbonyl (C=O) groups excluding carboxylic acids is 1. The van der Waals surface area contributed by atoms with Crippen molar-refractivity contribution in [2.75, 3.05) is 26.0 Å². The van der Waals surface area contributed by atoms with E-state index in [4.69, 9.17) is 4.74 Å². The molecule has 0 radical (unpaired) electrons. The summed E-state index contributed by atoms with van der Waals surface area (Å²) in [7, 11) is 1.65.